The van der Waals surface area contributed by atoms with Crippen LogP contribution in [0.3, 0.4) is 0 Å². The predicted molar refractivity (Wildman–Crippen MR) is 85.9 cm³/mol. The van der Waals surface area contributed by atoms with Crippen LogP contribution < -0.4 is 11.1 Å². The first-order valence-electron chi connectivity index (χ1n) is 7.06. The lowest BCUT2D eigenvalue weighted by molar-refractivity contribution is 0.0931. The molecule has 20 heavy (non-hydrogen) atoms. The molecule has 1 aliphatic heterocycles. The lowest BCUT2D eigenvalue weighted by Crippen LogP contribution is -2.41. The van der Waals surface area contributed by atoms with Crippen molar-refractivity contribution in [3.05, 3.63) is 27.7 Å². The van der Waals surface area contributed by atoms with Crippen molar-refractivity contribution in [2.45, 2.75) is 32.7 Å². The molecule has 0 spiro atoms. The number of nitrogens with zero attached hydrogens (tertiary/aromatic N) is 1. The molecule has 1 aromatic rings. The van der Waals surface area contributed by atoms with Crippen LogP contribution >= 0.6 is 15.9 Å². The summed E-state index contributed by atoms with van der Waals surface area (Å²) in [6, 6.07) is 3.78. The van der Waals surface area contributed by atoms with Crippen molar-refractivity contribution >= 4 is 27.5 Å². The van der Waals surface area contributed by atoms with E-state index in [9.17, 15) is 4.79 Å². The molecule has 1 saturated heterocycles. The van der Waals surface area contributed by atoms with Gasteiger partial charge in [-0.3, -0.25) is 4.79 Å². The molecule has 4 nitrogen and oxygen atoms in total. The maximum Gasteiger partial charge on any atom is 0.251 e. The average Bonchev–Trinajstić information content (AvgIpc) is 2.86. The van der Waals surface area contributed by atoms with E-state index in [0.717, 1.165) is 29.7 Å². The van der Waals surface area contributed by atoms with Crippen molar-refractivity contribution in [1.29, 1.82) is 0 Å². The maximum absolute atomic E-state index is 12.3. The molecule has 0 saturated carbocycles. The number of rotatable bonds is 4. The molecule has 3 N–H and O–H groups in total. The molecule has 1 unspecified atom stereocenters. The van der Waals surface area contributed by atoms with Gasteiger partial charge in [0.05, 0.1) is 0 Å². The van der Waals surface area contributed by atoms with E-state index in [1.165, 1.54) is 12.8 Å². The highest BCUT2D eigenvalue weighted by Crippen LogP contribution is 2.22. The second-order valence-corrected chi connectivity index (χ2v) is 6.47. The van der Waals surface area contributed by atoms with Crippen LogP contribution in [0.4, 0.5) is 5.69 Å². The van der Waals surface area contributed by atoms with Gasteiger partial charge in [0, 0.05) is 28.3 Å². The minimum atomic E-state index is -0.0535. The number of nitrogens with two attached hydrogens (primary N) is 1. The van der Waals surface area contributed by atoms with Gasteiger partial charge in [-0.2, -0.15) is 0 Å². The summed E-state index contributed by atoms with van der Waals surface area (Å²) >= 11 is 3.38. The number of nitrogen functional groups attached to an aromatic ring is 1. The number of likely N-dealkylation sites (tertiary alicyclic amines) is 1. The highest BCUT2D eigenvalue weighted by molar-refractivity contribution is 9.10. The minimum absolute atomic E-state index is 0.0535. The lowest BCUT2D eigenvalue weighted by atomic mass is 10.1. The van der Waals surface area contributed by atoms with E-state index in [2.05, 4.69) is 26.1 Å². The van der Waals surface area contributed by atoms with Crippen molar-refractivity contribution in [3.8, 4) is 0 Å². The number of benzene rings is 1. The smallest absolute Gasteiger partial charge is 0.251 e. The van der Waals surface area contributed by atoms with Crippen LogP contribution in [0.1, 0.15) is 35.7 Å². The summed E-state index contributed by atoms with van der Waals surface area (Å²) in [6.45, 7) is 7.12. The fourth-order valence-electron chi connectivity index (χ4n) is 2.64. The van der Waals surface area contributed by atoms with Crippen LogP contribution in [-0.4, -0.2) is 36.5 Å². The zero-order chi connectivity index (χ0) is 14.7. The summed E-state index contributed by atoms with van der Waals surface area (Å²) in [5.41, 5.74) is 8.02. The van der Waals surface area contributed by atoms with Crippen molar-refractivity contribution in [2.75, 3.05) is 25.4 Å². The van der Waals surface area contributed by atoms with E-state index in [-0.39, 0.29) is 11.9 Å². The molecule has 1 heterocycles. The third-order valence-electron chi connectivity index (χ3n) is 3.77. The van der Waals surface area contributed by atoms with Crippen LogP contribution in [-0.2, 0) is 0 Å². The molecule has 2 rings (SSSR count). The predicted octanol–water partition coefficient (Wildman–Crippen LogP) is 2.55. The second kappa shape index (κ2) is 6.59. The van der Waals surface area contributed by atoms with E-state index >= 15 is 0 Å². The van der Waals surface area contributed by atoms with Crippen LogP contribution in [0.5, 0.6) is 0 Å². The van der Waals surface area contributed by atoms with Gasteiger partial charge in [-0.05, 0) is 57.5 Å². The van der Waals surface area contributed by atoms with Gasteiger partial charge in [-0.1, -0.05) is 15.9 Å². The zero-order valence-electron chi connectivity index (χ0n) is 12.1. The van der Waals surface area contributed by atoms with Gasteiger partial charge >= 0.3 is 0 Å². The molecule has 0 aromatic heterocycles. The molecular formula is C15H22BrN3O. The first-order chi connectivity index (χ1) is 9.47. The average molecular weight is 340 g/mol. The molecule has 0 radical (unpaired) electrons. The highest BCUT2D eigenvalue weighted by Gasteiger charge is 2.18. The van der Waals surface area contributed by atoms with Crippen molar-refractivity contribution in [1.82, 2.24) is 10.2 Å². The summed E-state index contributed by atoms with van der Waals surface area (Å²) < 4.78 is 0.831. The topological polar surface area (TPSA) is 58.4 Å². The normalized spacial score (nSPS) is 17.1. The lowest BCUT2D eigenvalue weighted by Gasteiger charge is -2.21. The van der Waals surface area contributed by atoms with Gasteiger partial charge in [-0.25, -0.2) is 0 Å². The van der Waals surface area contributed by atoms with E-state index in [0.29, 0.717) is 11.3 Å². The fraction of sp³-hybridized carbons (Fsp3) is 0.533. The third-order valence-corrected chi connectivity index (χ3v) is 4.22. The molecule has 1 fully saturated rings. The Morgan fingerprint density at radius 3 is 2.75 bits per heavy atom. The second-order valence-electron chi connectivity index (χ2n) is 5.55. The summed E-state index contributed by atoms with van der Waals surface area (Å²) in [7, 11) is 0. The fourth-order valence-corrected chi connectivity index (χ4v) is 3.11. The molecule has 5 heteroatoms. The van der Waals surface area contributed by atoms with E-state index in [1.807, 2.05) is 26.0 Å². The Morgan fingerprint density at radius 1 is 1.45 bits per heavy atom. The summed E-state index contributed by atoms with van der Waals surface area (Å²) in [6.07, 6.45) is 2.53. The van der Waals surface area contributed by atoms with Crippen LogP contribution in [0, 0.1) is 6.92 Å². The molecule has 0 aliphatic carbocycles. The minimum Gasteiger partial charge on any atom is -0.398 e. The summed E-state index contributed by atoms with van der Waals surface area (Å²) in [4.78, 5) is 14.7. The van der Waals surface area contributed by atoms with E-state index in [1.54, 1.807) is 0 Å². The number of carbonyl (C=O) groups is 1. The Bertz CT molecular complexity index is 498. The molecule has 1 aliphatic rings. The number of anilines is 1. The van der Waals surface area contributed by atoms with E-state index in [4.69, 9.17) is 5.73 Å². The molecule has 1 aromatic carbocycles. The monoisotopic (exact) mass is 339 g/mol. The Kier molecular flexibility index (Phi) is 5.05. The van der Waals surface area contributed by atoms with Gasteiger partial charge in [0.15, 0.2) is 0 Å². The van der Waals surface area contributed by atoms with Gasteiger partial charge < -0.3 is 16.0 Å². The molecule has 0 bridgehead atoms. The quantitative estimate of drug-likeness (QED) is 0.829. The summed E-state index contributed by atoms with van der Waals surface area (Å²) in [5.74, 6) is -0.0535. The van der Waals surface area contributed by atoms with Crippen molar-refractivity contribution in [2.24, 2.45) is 0 Å². The van der Waals surface area contributed by atoms with Crippen LogP contribution in [0.25, 0.3) is 0 Å². The molecule has 1 amide bonds. The number of nitrogens with one attached hydrogen (secondary N) is 1. The van der Waals surface area contributed by atoms with Crippen molar-refractivity contribution in [3.63, 3.8) is 0 Å². The van der Waals surface area contributed by atoms with Gasteiger partial charge in [-0.15, -0.1) is 0 Å². The van der Waals surface area contributed by atoms with Gasteiger partial charge in [0.1, 0.15) is 0 Å². The third kappa shape index (κ3) is 3.73. The van der Waals surface area contributed by atoms with Crippen LogP contribution in [0.2, 0.25) is 0 Å². The number of amides is 1. The Morgan fingerprint density at radius 2 is 2.10 bits per heavy atom. The number of hydrogen-bond donors (Lipinski definition) is 2. The molecule has 110 valence electrons. The molecule has 1 atom stereocenters. The standard InChI is InChI=1S/C15H22BrN3O/c1-10(9-19-5-3-4-6-19)18-15(20)13-7-12(16)8-14(17)11(13)2/h7-8,10H,3-6,9,17H2,1-2H3,(H,18,20). The Labute approximate surface area is 128 Å². The zero-order valence-corrected chi connectivity index (χ0v) is 13.7. The first-order valence-corrected chi connectivity index (χ1v) is 7.85. The highest BCUT2D eigenvalue weighted by atomic mass is 79.9. The number of hydrogen-bond acceptors (Lipinski definition) is 3. The van der Waals surface area contributed by atoms with Crippen molar-refractivity contribution < 1.29 is 4.79 Å². The number of halogens is 1. The maximum atomic E-state index is 12.3. The summed E-state index contributed by atoms with van der Waals surface area (Å²) in [5, 5.41) is 3.06. The Balaban J connectivity index is 2.00. The first kappa shape index (κ1) is 15.3. The van der Waals surface area contributed by atoms with Gasteiger partial charge in [0.2, 0.25) is 0 Å². The van der Waals surface area contributed by atoms with Crippen LogP contribution in [0.15, 0.2) is 16.6 Å². The van der Waals surface area contributed by atoms with Gasteiger partial charge in [0.25, 0.3) is 5.91 Å². The largest absolute Gasteiger partial charge is 0.398 e. The Hall–Kier alpha value is -1.07. The molecular weight excluding hydrogens is 318 g/mol. The number of carbonyl (C=O) groups excluding carboxylic acids is 1. The van der Waals surface area contributed by atoms with E-state index < -0.39 is 0 Å². The SMILES string of the molecule is Cc1c(N)cc(Br)cc1C(=O)NC(C)CN1CCCC1.